The summed E-state index contributed by atoms with van der Waals surface area (Å²) in [6.45, 7) is 2.12. The highest BCUT2D eigenvalue weighted by atomic mass is 79.9. The number of nitrogens with one attached hydrogen (secondary N) is 1. The van der Waals surface area contributed by atoms with Crippen LogP contribution in [0, 0.1) is 5.92 Å². The van der Waals surface area contributed by atoms with Crippen molar-refractivity contribution in [1.82, 2.24) is 9.62 Å². The van der Waals surface area contributed by atoms with Gasteiger partial charge in [-0.25, -0.2) is 8.42 Å². The van der Waals surface area contributed by atoms with Gasteiger partial charge in [-0.05, 0) is 59.7 Å². The van der Waals surface area contributed by atoms with Gasteiger partial charge in [-0.3, -0.25) is 0 Å². The summed E-state index contributed by atoms with van der Waals surface area (Å²) in [5.74, 6) is 0.414. The minimum atomic E-state index is -3.32. The molecule has 1 N–H and O–H groups in total. The first-order chi connectivity index (χ1) is 8.55. The van der Waals surface area contributed by atoms with E-state index in [0.29, 0.717) is 27.7 Å². The van der Waals surface area contributed by atoms with E-state index in [1.54, 1.807) is 15.8 Å². The molecule has 18 heavy (non-hydrogen) atoms. The second-order valence-corrected chi connectivity index (χ2v) is 8.39. The van der Waals surface area contributed by atoms with Crippen LogP contribution in [0.3, 0.4) is 0 Å². The third-order valence-electron chi connectivity index (χ3n) is 3.13. The van der Waals surface area contributed by atoms with E-state index < -0.39 is 10.0 Å². The van der Waals surface area contributed by atoms with Gasteiger partial charge in [-0.1, -0.05) is 0 Å². The van der Waals surface area contributed by atoms with Crippen LogP contribution in [0.2, 0.25) is 0 Å². The molecule has 2 heterocycles. The number of nitrogens with zero attached hydrogens (tertiary/aromatic N) is 1. The van der Waals surface area contributed by atoms with Crippen molar-refractivity contribution in [3.05, 3.63) is 15.9 Å². The Kier molecular flexibility index (Phi) is 4.82. The second kappa shape index (κ2) is 6.00. The molecule has 1 aromatic heterocycles. The molecule has 1 saturated heterocycles. The van der Waals surface area contributed by atoms with Crippen molar-refractivity contribution in [2.45, 2.75) is 17.1 Å². The van der Waals surface area contributed by atoms with Crippen molar-refractivity contribution in [1.29, 1.82) is 0 Å². The maximum atomic E-state index is 12.5. The lowest BCUT2D eigenvalue weighted by Crippen LogP contribution is -2.42. The van der Waals surface area contributed by atoms with Crippen molar-refractivity contribution < 1.29 is 8.42 Å². The average molecular weight is 353 g/mol. The molecular formula is C11H17BrN2O2S2. The summed E-state index contributed by atoms with van der Waals surface area (Å²) in [5.41, 5.74) is 0. The summed E-state index contributed by atoms with van der Waals surface area (Å²) in [6.07, 6.45) is 2.03. The first kappa shape index (κ1) is 14.5. The summed E-state index contributed by atoms with van der Waals surface area (Å²) in [5, 5.41) is 4.93. The van der Waals surface area contributed by atoms with Gasteiger partial charge in [-0.2, -0.15) is 4.31 Å². The Morgan fingerprint density at radius 2 is 2.39 bits per heavy atom. The Hall–Kier alpha value is 0.0500. The SMILES string of the molecule is CNC[C@@H]1CCCN(S(=O)(=O)c2sccc2Br)C1. The Morgan fingerprint density at radius 1 is 1.61 bits per heavy atom. The number of hydrogen-bond acceptors (Lipinski definition) is 4. The Balaban J connectivity index is 2.18. The Labute approximate surface area is 121 Å². The highest BCUT2D eigenvalue weighted by molar-refractivity contribution is 9.10. The van der Waals surface area contributed by atoms with Crippen molar-refractivity contribution in [3.63, 3.8) is 0 Å². The highest BCUT2D eigenvalue weighted by Gasteiger charge is 2.31. The number of rotatable bonds is 4. The number of hydrogen-bond donors (Lipinski definition) is 1. The fourth-order valence-electron chi connectivity index (χ4n) is 2.28. The normalized spacial score (nSPS) is 22.2. The molecule has 0 unspecified atom stereocenters. The number of halogens is 1. The fraction of sp³-hybridized carbons (Fsp3) is 0.636. The van der Waals surface area contributed by atoms with Crippen LogP contribution in [0.4, 0.5) is 0 Å². The molecule has 0 saturated carbocycles. The molecule has 1 atom stereocenters. The lowest BCUT2D eigenvalue weighted by Gasteiger charge is -2.31. The lowest BCUT2D eigenvalue weighted by molar-refractivity contribution is 0.264. The van der Waals surface area contributed by atoms with Crippen LogP contribution in [0.5, 0.6) is 0 Å². The van der Waals surface area contributed by atoms with Gasteiger partial charge in [0.15, 0.2) is 0 Å². The van der Waals surface area contributed by atoms with E-state index in [0.717, 1.165) is 19.4 Å². The van der Waals surface area contributed by atoms with E-state index in [9.17, 15) is 8.42 Å². The Bertz CT molecular complexity index is 499. The summed E-state index contributed by atoms with van der Waals surface area (Å²) in [6, 6.07) is 1.78. The van der Waals surface area contributed by atoms with E-state index in [1.807, 2.05) is 7.05 Å². The van der Waals surface area contributed by atoms with Crippen LogP contribution in [0.15, 0.2) is 20.1 Å². The van der Waals surface area contributed by atoms with Crippen molar-refractivity contribution in [2.24, 2.45) is 5.92 Å². The van der Waals surface area contributed by atoms with E-state index in [1.165, 1.54) is 11.3 Å². The zero-order valence-corrected chi connectivity index (χ0v) is 13.4. The maximum absolute atomic E-state index is 12.5. The first-order valence-corrected chi connectivity index (χ1v) is 9.04. The van der Waals surface area contributed by atoms with Gasteiger partial charge in [0.05, 0.1) is 0 Å². The van der Waals surface area contributed by atoms with E-state index in [4.69, 9.17) is 0 Å². The molecule has 2 rings (SSSR count). The largest absolute Gasteiger partial charge is 0.319 e. The lowest BCUT2D eigenvalue weighted by atomic mass is 10.00. The summed E-state index contributed by atoms with van der Waals surface area (Å²) >= 11 is 4.58. The van der Waals surface area contributed by atoms with Crippen LogP contribution in [0.1, 0.15) is 12.8 Å². The molecule has 0 bridgehead atoms. The smallest absolute Gasteiger partial charge is 0.253 e. The minimum Gasteiger partial charge on any atom is -0.319 e. The Morgan fingerprint density at radius 3 is 3.00 bits per heavy atom. The highest BCUT2D eigenvalue weighted by Crippen LogP contribution is 2.32. The zero-order chi connectivity index (χ0) is 13.2. The molecule has 1 aliphatic heterocycles. The molecule has 0 spiro atoms. The van der Waals surface area contributed by atoms with Gasteiger partial charge in [0, 0.05) is 17.6 Å². The molecule has 1 aromatic rings. The third kappa shape index (κ3) is 2.96. The van der Waals surface area contributed by atoms with E-state index in [2.05, 4.69) is 21.2 Å². The summed E-state index contributed by atoms with van der Waals surface area (Å²) in [4.78, 5) is 0. The molecule has 0 aromatic carbocycles. The molecule has 0 amide bonds. The molecule has 1 aliphatic rings. The van der Waals surface area contributed by atoms with Crippen molar-refractivity contribution >= 4 is 37.3 Å². The molecule has 102 valence electrons. The predicted octanol–water partition coefficient (Wildman–Crippen LogP) is 2.13. The summed E-state index contributed by atoms with van der Waals surface area (Å²) < 4.78 is 27.7. The van der Waals surface area contributed by atoms with Crippen LogP contribution in [-0.2, 0) is 10.0 Å². The molecule has 4 nitrogen and oxygen atoms in total. The van der Waals surface area contributed by atoms with Gasteiger partial charge in [0.2, 0.25) is 0 Å². The maximum Gasteiger partial charge on any atom is 0.253 e. The second-order valence-electron chi connectivity index (χ2n) is 4.48. The van der Waals surface area contributed by atoms with Gasteiger partial charge >= 0.3 is 0 Å². The number of thiophene rings is 1. The van der Waals surface area contributed by atoms with Gasteiger partial charge < -0.3 is 5.32 Å². The topological polar surface area (TPSA) is 49.4 Å². The van der Waals surface area contributed by atoms with Crippen molar-refractivity contribution in [3.8, 4) is 0 Å². The third-order valence-corrected chi connectivity index (χ3v) is 7.65. The standard InChI is InChI=1S/C11H17BrN2O2S2/c1-13-7-9-3-2-5-14(8-9)18(15,16)11-10(12)4-6-17-11/h4,6,9,13H,2-3,5,7-8H2,1H3/t9-/m0/s1. The average Bonchev–Trinajstić information content (AvgIpc) is 2.77. The van der Waals surface area contributed by atoms with Crippen LogP contribution in [-0.4, -0.2) is 39.4 Å². The monoisotopic (exact) mass is 352 g/mol. The predicted molar refractivity (Wildman–Crippen MR) is 77.4 cm³/mol. The number of sulfonamides is 1. The molecular weight excluding hydrogens is 336 g/mol. The van der Waals surface area contributed by atoms with E-state index in [-0.39, 0.29) is 0 Å². The van der Waals surface area contributed by atoms with Gasteiger partial charge in [0.25, 0.3) is 10.0 Å². The fourth-order valence-corrected chi connectivity index (χ4v) is 6.29. The quantitative estimate of drug-likeness (QED) is 0.902. The zero-order valence-electron chi connectivity index (χ0n) is 10.2. The van der Waals surface area contributed by atoms with Gasteiger partial charge in [0.1, 0.15) is 4.21 Å². The van der Waals surface area contributed by atoms with Gasteiger partial charge in [-0.15, -0.1) is 11.3 Å². The van der Waals surface area contributed by atoms with E-state index >= 15 is 0 Å². The van der Waals surface area contributed by atoms with Crippen LogP contribution in [0.25, 0.3) is 0 Å². The first-order valence-electron chi connectivity index (χ1n) is 5.93. The van der Waals surface area contributed by atoms with Crippen LogP contribution >= 0.6 is 27.3 Å². The van der Waals surface area contributed by atoms with Crippen LogP contribution < -0.4 is 5.32 Å². The molecule has 7 heteroatoms. The molecule has 1 fully saturated rings. The molecule has 0 radical (unpaired) electrons. The minimum absolute atomic E-state index is 0.414. The van der Waals surface area contributed by atoms with Crippen molar-refractivity contribution in [2.75, 3.05) is 26.7 Å². The number of piperidine rings is 1. The summed E-state index contributed by atoms with van der Waals surface area (Å²) in [7, 11) is -1.42. The molecule has 0 aliphatic carbocycles.